The summed E-state index contributed by atoms with van der Waals surface area (Å²) >= 11 is 2.81. The van der Waals surface area contributed by atoms with Crippen LogP contribution >= 0.6 is 23.1 Å². The van der Waals surface area contributed by atoms with Crippen molar-refractivity contribution in [3.63, 3.8) is 0 Å². The van der Waals surface area contributed by atoms with Gasteiger partial charge < -0.3 is 5.32 Å². The van der Waals surface area contributed by atoms with Crippen molar-refractivity contribution in [2.75, 3.05) is 5.32 Å². The van der Waals surface area contributed by atoms with E-state index in [0.717, 1.165) is 9.47 Å². The molecule has 0 atom stereocenters. The Morgan fingerprint density at radius 2 is 2.28 bits per heavy atom. The van der Waals surface area contributed by atoms with E-state index in [-0.39, 0.29) is 0 Å². The number of hydrogen-bond acceptors (Lipinski definition) is 7. The van der Waals surface area contributed by atoms with Crippen LogP contribution in [0.25, 0.3) is 0 Å². The van der Waals surface area contributed by atoms with Gasteiger partial charge in [-0.2, -0.15) is 5.26 Å². The Labute approximate surface area is 113 Å². The molecular formula is C11H11N5S2. The lowest BCUT2D eigenvalue weighted by Crippen LogP contribution is -2.08. The number of nitrogens with one attached hydrogen (secondary N) is 1. The Bertz CT molecular complexity index is 573. The molecule has 5 nitrogen and oxygen atoms in total. The number of nitrogens with zero attached hydrogens (tertiary/aromatic N) is 4. The third kappa shape index (κ3) is 3.18. The van der Waals surface area contributed by atoms with Crippen molar-refractivity contribution in [1.82, 2.24) is 15.2 Å². The lowest BCUT2D eigenvalue weighted by molar-refractivity contribution is 0.883. The van der Waals surface area contributed by atoms with E-state index in [1.165, 1.54) is 23.1 Å². The van der Waals surface area contributed by atoms with Gasteiger partial charge in [0, 0.05) is 12.2 Å². The van der Waals surface area contributed by atoms with Gasteiger partial charge in [-0.3, -0.25) is 0 Å². The van der Waals surface area contributed by atoms with Crippen molar-refractivity contribution in [2.45, 2.75) is 29.3 Å². The van der Waals surface area contributed by atoms with E-state index in [0.29, 0.717) is 16.6 Å². The number of anilines is 1. The van der Waals surface area contributed by atoms with E-state index in [2.05, 4.69) is 26.6 Å². The molecule has 0 aliphatic heterocycles. The Morgan fingerprint density at radius 1 is 1.44 bits per heavy atom. The lowest BCUT2D eigenvalue weighted by Gasteiger charge is -2.03. The van der Waals surface area contributed by atoms with Crippen molar-refractivity contribution >= 4 is 28.2 Å². The third-order valence-electron chi connectivity index (χ3n) is 1.89. The van der Waals surface area contributed by atoms with Crippen molar-refractivity contribution in [3.05, 3.63) is 23.9 Å². The van der Waals surface area contributed by atoms with Crippen LogP contribution in [-0.4, -0.2) is 21.2 Å². The summed E-state index contributed by atoms with van der Waals surface area (Å²) in [6.45, 7) is 4.08. The maximum Gasteiger partial charge on any atom is 0.206 e. The Kier molecular flexibility index (Phi) is 4.12. The predicted octanol–water partition coefficient (Wildman–Crippen LogP) is 2.78. The predicted molar refractivity (Wildman–Crippen MR) is 71.7 cm³/mol. The first-order valence-corrected chi connectivity index (χ1v) is 6.95. The Balaban J connectivity index is 2.14. The molecule has 92 valence electrons. The summed E-state index contributed by atoms with van der Waals surface area (Å²) in [5.41, 5.74) is 0.552. The summed E-state index contributed by atoms with van der Waals surface area (Å²) in [5, 5.41) is 21.7. The number of aromatic nitrogens is 3. The number of hydrogen-bond donors (Lipinski definition) is 1. The normalized spacial score (nSPS) is 10.3. The van der Waals surface area contributed by atoms with Gasteiger partial charge in [0.05, 0.1) is 5.56 Å². The largest absolute Gasteiger partial charge is 0.358 e. The maximum absolute atomic E-state index is 8.97. The molecule has 0 unspecified atom stereocenters. The van der Waals surface area contributed by atoms with E-state index in [9.17, 15) is 0 Å². The monoisotopic (exact) mass is 277 g/mol. The first-order valence-electron chi connectivity index (χ1n) is 5.32. The van der Waals surface area contributed by atoms with Gasteiger partial charge >= 0.3 is 0 Å². The second-order valence-corrected chi connectivity index (χ2v) is 5.96. The Morgan fingerprint density at radius 3 is 3.00 bits per heavy atom. The first-order chi connectivity index (χ1) is 8.69. The fourth-order valence-electron chi connectivity index (χ4n) is 1.20. The molecule has 0 saturated heterocycles. The standard InChI is InChI=1S/C11H11N5S2/c1-7(2)14-10-15-16-11(18-10)17-9-8(6-12)4-3-5-13-9/h3-5,7H,1-2H3,(H,14,15). The smallest absolute Gasteiger partial charge is 0.206 e. The van der Waals surface area contributed by atoms with Crippen molar-refractivity contribution in [2.24, 2.45) is 0 Å². The van der Waals surface area contributed by atoms with Crippen LogP contribution in [0, 0.1) is 11.3 Å². The summed E-state index contributed by atoms with van der Waals surface area (Å²) < 4.78 is 0.772. The van der Waals surface area contributed by atoms with Crippen LogP contribution in [0.5, 0.6) is 0 Å². The van der Waals surface area contributed by atoms with Crippen molar-refractivity contribution < 1.29 is 0 Å². The number of rotatable bonds is 4. The van der Waals surface area contributed by atoms with Gasteiger partial charge in [-0.1, -0.05) is 11.3 Å². The molecule has 0 amide bonds. The zero-order valence-electron chi connectivity index (χ0n) is 9.91. The molecule has 1 N–H and O–H groups in total. The van der Waals surface area contributed by atoms with Crippen LogP contribution in [0.1, 0.15) is 19.4 Å². The van der Waals surface area contributed by atoms with Gasteiger partial charge in [0.1, 0.15) is 11.1 Å². The average Bonchev–Trinajstić information content (AvgIpc) is 2.76. The highest BCUT2D eigenvalue weighted by atomic mass is 32.2. The zero-order chi connectivity index (χ0) is 13.0. The minimum absolute atomic E-state index is 0.320. The zero-order valence-corrected chi connectivity index (χ0v) is 11.5. The van der Waals surface area contributed by atoms with Crippen molar-refractivity contribution in [1.29, 1.82) is 5.26 Å². The quantitative estimate of drug-likeness (QED) is 0.926. The third-order valence-corrected chi connectivity index (χ3v) is 3.82. The van der Waals surface area contributed by atoms with Crippen LogP contribution < -0.4 is 5.32 Å². The Hall–Kier alpha value is -1.65. The molecule has 2 aromatic rings. The van der Waals surface area contributed by atoms with Gasteiger partial charge in [-0.25, -0.2) is 4.98 Å². The summed E-state index contributed by atoms with van der Waals surface area (Å²) in [6.07, 6.45) is 1.66. The molecule has 7 heteroatoms. The lowest BCUT2D eigenvalue weighted by atomic mass is 10.3. The molecule has 2 aromatic heterocycles. The molecule has 0 aromatic carbocycles. The summed E-state index contributed by atoms with van der Waals surface area (Å²) in [4.78, 5) is 4.17. The van der Waals surface area contributed by atoms with E-state index in [4.69, 9.17) is 5.26 Å². The summed E-state index contributed by atoms with van der Waals surface area (Å²) in [7, 11) is 0. The number of pyridine rings is 1. The van der Waals surface area contributed by atoms with Crippen LogP contribution in [-0.2, 0) is 0 Å². The van der Waals surface area contributed by atoms with Gasteiger partial charge in [0.2, 0.25) is 5.13 Å². The molecule has 2 heterocycles. The average molecular weight is 277 g/mol. The highest BCUT2D eigenvalue weighted by Gasteiger charge is 2.10. The highest BCUT2D eigenvalue weighted by molar-refractivity contribution is 8.01. The topological polar surface area (TPSA) is 74.5 Å². The molecule has 18 heavy (non-hydrogen) atoms. The summed E-state index contributed by atoms with van der Waals surface area (Å²) in [6, 6.07) is 5.92. The van der Waals surface area contributed by atoms with Gasteiger partial charge in [-0.05, 0) is 37.7 Å². The molecule has 0 saturated carbocycles. The molecule has 0 bridgehead atoms. The van der Waals surface area contributed by atoms with E-state index in [1.54, 1.807) is 18.3 Å². The van der Waals surface area contributed by atoms with Gasteiger partial charge in [-0.15, -0.1) is 10.2 Å². The van der Waals surface area contributed by atoms with E-state index < -0.39 is 0 Å². The van der Waals surface area contributed by atoms with Crippen LogP contribution in [0.4, 0.5) is 5.13 Å². The molecule has 0 aliphatic rings. The SMILES string of the molecule is CC(C)Nc1nnc(Sc2ncccc2C#N)s1. The van der Waals surface area contributed by atoms with Crippen LogP contribution in [0.2, 0.25) is 0 Å². The molecule has 2 rings (SSSR count). The molecule has 0 spiro atoms. The maximum atomic E-state index is 8.97. The van der Waals surface area contributed by atoms with E-state index in [1.807, 2.05) is 13.8 Å². The van der Waals surface area contributed by atoms with E-state index >= 15 is 0 Å². The van der Waals surface area contributed by atoms with Gasteiger partial charge in [0.25, 0.3) is 0 Å². The van der Waals surface area contributed by atoms with Crippen LogP contribution in [0.15, 0.2) is 27.7 Å². The molecule has 0 radical (unpaired) electrons. The molecule has 0 fully saturated rings. The fourth-order valence-corrected chi connectivity index (χ4v) is 3.04. The van der Waals surface area contributed by atoms with Gasteiger partial charge in [0.15, 0.2) is 4.34 Å². The van der Waals surface area contributed by atoms with Crippen molar-refractivity contribution in [3.8, 4) is 6.07 Å². The minimum Gasteiger partial charge on any atom is -0.358 e. The molecule has 0 aliphatic carbocycles. The second kappa shape index (κ2) is 5.80. The van der Waals surface area contributed by atoms with Crippen LogP contribution in [0.3, 0.4) is 0 Å². The molecular weight excluding hydrogens is 266 g/mol. The highest BCUT2D eigenvalue weighted by Crippen LogP contribution is 2.32. The summed E-state index contributed by atoms with van der Waals surface area (Å²) in [5.74, 6) is 0. The number of nitriles is 1. The fraction of sp³-hybridized carbons (Fsp3) is 0.273. The second-order valence-electron chi connectivity index (χ2n) is 3.74. The minimum atomic E-state index is 0.320. The first kappa shape index (κ1) is 12.8.